The second kappa shape index (κ2) is 6.69. The third-order valence-electron chi connectivity index (χ3n) is 4.49. The molecule has 2 N–H and O–H groups in total. The second-order valence-electron chi connectivity index (χ2n) is 6.01. The normalized spacial score (nSPS) is 19.3. The number of imidazole rings is 1. The average Bonchev–Trinajstić information content (AvgIpc) is 2.76. The van der Waals surface area contributed by atoms with Crippen LogP contribution in [0.5, 0.6) is 0 Å². The first-order chi connectivity index (χ1) is 10.1. The maximum Gasteiger partial charge on any atom is 0.323 e. The number of fused-ring (bicyclic) bond motifs is 1. The molecule has 1 atom stereocenters. The topological polar surface area (TPSA) is 48.6 Å². The third-order valence-corrected chi connectivity index (χ3v) is 6.42. The molecule has 1 aliphatic rings. The van der Waals surface area contributed by atoms with E-state index in [9.17, 15) is 4.79 Å². The SMILES string of the molecule is O=c1[nH]c2cc(Br)c(C(Br)C3CCCCCCC3)cc2[nH]1. The van der Waals surface area contributed by atoms with Crippen molar-refractivity contribution >= 4 is 42.9 Å². The molecule has 0 saturated heterocycles. The Morgan fingerprint density at radius 2 is 1.57 bits per heavy atom. The summed E-state index contributed by atoms with van der Waals surface area (Å²) in [4.78, 5) is 17.4. The van der Waals surface area contributed by atoms with Crippen LogP contribution in [0, 0.1) is 5.92 Å². The van der Waals surface area contributed by atoms with Gasteiger partial charge in [-0.05, 0) is 36.5 Å². The number of alkyl halides is 1. The molecular weight excluding hydrogens is 396 g/mol. The van der Waals surface area contributed by atoms with Crippen LogP contribution in [0.2, 0.25) is 0 Å². The molecule has 1 aliphatic carbocycles. The molecule has 0 amide bonds. The van der Waals surface area contributed by atoms with Crippen molar-refractivity contribution in [3.05, 3.63) is 32.7 Å². The number of nitrogens with one attached hydrogen (secondary N) is 2. The highest BCUT2D eigenvalue weighted by molar-refractivity contribution is 9.11. The Bertz CT molecular complexity index is 668. The Hall–Kier alpha value is -0.550. The quantitative estimate of drug-likeness (QED) is 0.632. The first-order valence-electron chi connectivity index (χ1n) is 7.70. The number of aromatic nitrogens is 2. The van der Waals surface area contributed by atoms with Crippen molar-refractivity contribution < 1.29 is 0 Å². The lowest BCUT2D eigenvalue weighted by Gasteiger charge is -2.25. The molecule has 0 bridgehead atoms. The van der Waals surface area contributed by atoms with E-state index in [4.69, 9.17) is 0 Å². The fourth-order valence-electron chi connectivity index (χ4n) is 3.32. The second-order valence-corrected chi connectivity index (χ2v) is 7.85. The summed E-state index contributed by atoms with van der Waals surface area (Å²) in [5, 5.41) is 0. The highest BCUT2D eigenvalue weighted by Crippen LogP contribution is 2.42. The van der Waals surface area contributed by atoms with Gasteiger partial charge in [-0.1, -0.05) is 64.0 Å². The highest BCUT2D eigenvalue weighted by atomic mass is 79.9. The molecule has 0 spiro atoms. The largest absolute Gasteiger partial charge is 0.323 e. The molecule has 114 valence electrons. The van der Waals surface area contributed by atoms with Gasteiger partial charge in [0.15, 0.2) is 0 Å². The highest BCUT2D eigenvalue weighted by Gasteiger charge is 2.23. The molecule has 1 aromatic carbocycles. The molecule has 1 fully saturated rings. The van der Waals surface area contributed by atoms with E-state index in [0.717, 1.165) is 15.5 Å². The lowest BCUT2D eigenvalue weighted by Crippen LogP contribution is -2.10. The van der Waals surface area contributed by atoms with Gasteiger partial charge < -0.3 is 9.97 Å². The summed E-state index contributed by atoms with van der Waals surface area (Å²) in [6, 6.07) is 4.09. The summed E-state index contributed by atoms with van der Waals surface area (Å²) in [6.45, 7) is 0. The van der Waals surface area contributed by atoms with Crippen LogP contribution >= 0.6 is 31.9 Å². The van der Waals surface area contributed by atoms with Crippen LogP contribution in [-0.4, -0.2) is 9.97 Å². The fourth-order valence-corrected chi connectivity index (χ4v) is 5.12. The number of hydrogen-bond acceptors (Lipinski definition) is 1. The number of benzene rings is 1. The molecule has 1 saturated carbocycles. The maximum atomic E-state index is 11.4. The van der Waals surface area contributed by atoms with Gasteiger partial charge in [-0.3, -0.25) is 0 Å². The van der Waals surface area contributed by atoms with Crippen LogP contribution in [0.1, 0.15) is 55.3 Å². The number of halogens is 2. The smallest absolute Gasteiger partial charge is 0.306 e. The molecule has 1 aromatic heterocycles. The van der Waals surface area contributed by atoms with Crippen molar-refractivity contribution in [3.8, 4) is 0 Å². The standard InChI is InChI=1S/C16H20Br2N2O/c17-12-9-14-13(19-16(21)20-14)8-11(12)15(18)10-6-4-2-1-3-5-7-10/h8-10,15H,1-7H2,(H2,19,20,21). The van der Waals surface area contributed by atoms with Crippen LogP contribution < -0.4 is 5.69 Å². The molecule has 3 nitrogen and oxygen atoms in total. The lowest BCUT2D eigenvalue weighted by molar-refractivity contribution is 0.374. The minimum atomic E-state index is -0.147. The van der Waals surface area contributed by atoms with Crippen LogP contribution in [0.15, 0.2) is 21.4 Å². The Balaban J connectivity index is 1.90. The monoisotopic (exact) mass is 414 g/mol. The van der Waals surface area contributed by atoms with Gasteiger partial charge >= 0.3 is 5.69 Å². The van der Waals surface area contributed by atoms with Gasteiger partial charge in [-0.15, -0.1) is 0 Å². The summed E-state index contributed by atoms with van der Waals surface area (Å²) >= 11 is 7.58. The number of aromatic amines is 2. The average molecular weight is 416 g/mol. The number of rotatable bonds is 2. The van der Waals surface area contributed by atoms with Crippen molar-refractivity contribution in [2.75, 3.05) is 0 Å². The lowest BCUT2D eigenvalue weighted by atomic mass is 9.86. The van der Waals surface area contributed by atoms with E-state index in [1.807, 2.05) is 6.07 Å². The van der Waals surface area contributed by atoms with Gasteiger partial charge in [0.1, 0.15) is 0 Å². The van der Waals surface area contributed by atoms with E-state index >= 15 is 0 Å². The van der Waals surface area contributed by atoms with Crippen LogP contribution in [0.25, 0.3) is 11.0 Å². The van der Waals surface area contributed by atoms with E-state index in [1.165, 1.54) is 50.5 Å². The van der Waals surface area contributed by atoms with Crippen molar-refractivity contribution in [1.29, 1.82) is 0 Å². The zero-order valence-corrected chi connectivity index (χ0v) is 15.1. The Morgan fingerprint density at radius 1 is 1.00 bits per heavy atom. The predicted molar refractivity (Wildman–Crippen MR) is 94.1 cm³/mol. The first kappa shape index (κ1) is 15.3. The summed E-state index contributed by atoms with van der Waals surface area (Å²) in [6.07, 6.45) is 9.33. The summed E-state index contributed by atoms with van der Waals surface area (Å²) < 4.78 is 1.06. The van der Waals surface area contributed by atoms with Crippen molar-refractivity contribution in [3.63, 3.8) is 0 Å². The van der Waals surface area contributed by atoms with Gasteiger partial charge in [0, 0.05) is 9.30 Å². The third kappa shape index (κ3) is 3.45. The van der Waals surface area contributed by atoms with Crippen LogP contribution in [0.4, 0.5) is 0 Å². The minimum absolute atomic E-state index is 0.147. The van der Waals surface area contributed by atoms with Gasteiger partial charge in [0.2, 0.25) is 0 Å². The zero-order chi connectivity index (χ0) is 14.8. The van der Waals surface area contributed by atoms with E-state index in [-0.39, 0.29) is 5.69 Å². The molecule has 0 radical (unpaired) electrons. The molecule has 2 aromatic rings. The van der Waals surface area contributed by atoms with Crippen molar-refractivity contribution in [2.24, 2.45) is 5.92 Å². The zero-order valence-electron chi connectivity index (χ0n) is 11.9. The van der Waals surface area contributed by atoms with Gasteiger partial charge in [0.05, 0.1) is 11.0 Å². The van der Waals surface area contributed by atoms with Crippen molar-refractivity contribution in [2.45, 2.75) is 49.8 Å². The summed E-state index contributed by atoms with van der Waals surface area (Å²) in [7, 11) is 0. The summed E-state index contributed by atoms with van der Waals surface area (Å²) in [5.41, 5.74) is 2.83. The molecule has 21 heavy (non-hydrogen) atoms. The van der Waals surface area contributed by atoms with Crippen LogP contribution in [0.3, 0.4) is 0 Å². The molecule has 1 unspecified atom stereocenters. The van der Waals surface area contributed by atoms with Gasteiger partial charge in [0.25, 0.3) is 0 Å². The van der Waals surface area contributed by atoms with E-state index in [1.54, 1.807) is 0 Å². The Kier molecular flexibility index (Phi) is 4.89. The van der Waals surface area contributed by atoms with E-state index < -0.39 is 0 Å². The van der Waals surface area contributed by atoms with Crippen molar-refractivity contribution in [1.82, 2.24) is 9.97 Å². The predicted octanol–water partition coefficient (Wildman–Crippen LogP) is 5.42. The molecule has 0 aliphatic heterocycles. The molecule has 5 heteroatoms. The molecular formula is C16H20Br2N2O. The van der Waals surface area contributed by atoms with Crippen LogP contribution in [-0.2, 0) is 0 Å². The van der Waals surface area contributed by atoms with Gasteiger partial charge in [-0.25, -0.2) is 4.79 Å². The first-order valence-corrected chi connectivity index (χ1v) is 9.41. The number of hydrogen-bond donors (Lipinski definition) is 2. The minimum Gasteiger partial charge on any atom is -0.306 e. The van der Waals surface area contributed by atoms with E-state index in [2.05, 4.69) is 47.9 Å². The van der Waals surface area contributed by atoms with Gasteiger partial charge in [-0.2, -0.15) is 0 Å². The Morgan fingerprint density at radius 3 is 2.24 bits per heavy atom. The number of H-pyrrole nitrogens is 2. The summed E-state index contributed by atoms with van der Waals surface area (Å²) in [5.74, 6) is 0.671. The fraction of sp³-hybridized carbons (Fsp3) is 0.562. The Labute approximate surface area is 141 Å². The molecule has 3 rings (SSSR count). The van der Waals surface area contributed by atoms with E-state index in [0.29, 0.717) is 10.7 Å². The maximum absolute atomic E-state index is 11.4. The molecule has 1 heterocycles.